The molecule has 2 fully saturated rings. The fourth-order valence-electron chi connectivity index (χ4n) is 3.71. The van der Waals surface area contributed by atoms with Gasteiger partial charge in [0.25, 0.3) is 5.91 Å². The monoisotopic (exact) mass is 402 g/mol. The predicted molar refractivity (Wildman–Crippen MR) is 99.5 cm³/mol. The fraction of sp³-hybridized carbons (Fsp3) is 0.450. The van der Waals surface area contributed by atoms with E-state index in [4.69, 9.17) is 4.74 Å². The van der Waals surface area contributed by atoms with Gasteiger partial charge in [0.1, 0.15) is 6.54 Å². The molecule has 29 heavy (non-hydrogen) atoms. The van der Waals surface area contributed by atoms with Crippen molar-refractivity contribution < 1.29 is 33.4 Å². The number of imide groups is 1. The number of fused-ring (bicyclic) bond motifs is 1. The number of amides is 3. The molecular weight excluding hydrogens is 380 g/mol. The molecule has 1 aliphatic heterocycles. The van der Waals surface area contributed by atoms with Crippen LogP contribution in [0.1, 0.15) is 36.0 Å². The van der Waals surface area contributed by atoms with E-state index in [2.05, 4.69) is 10.1 Å². The molecule has 0 aromatic heterocycles. The van der Waals surface area contributed by atoms with E-state index in [0.29, 0.717) is 24.1 Å². The minimum Gasteiger partial charge on any atom is -0.465 e. The Balaban J connectivity index is 1.46. The Bertz CT molecular complexity index is 810. The maximum atomic E-state index is 12.3. The average molecular weight is 402 g/mol. The Morgan fingerprint density at radius 1 is 1.03 bits per heavy atom. The van der Waals surface area contributed by atoms with Crippen molar-refractivity contribution in [3.63, 3.8) is 0 Å². The first-order valence-electron chi connectivity index (χ1n) is 9.39. The second-order valence-corrected chi connectivity index (χ2v) is 7.04. The standard InChI is InChI=1S/C20H22N2O7/c1-28-20(27)12-6-8-13(9-7-12)21-16(23)11-29-17(24)10-22-18(25)14-4-2-3-5-15(14)19(22)26/h6-9,14-15H,2-5,10-11H2,1H3,(H,21,23)/t14-,15-/m0/s1. The highest BCUT2D eigenvalue weighted by atomic mass is 16.5. The highest BCUT2D eigenvalue weighted by Crippen LogP contribution is 2.37. The van der Waals surface area contributed by atoms with Crippen LogP contribution in [0.2, 0.25) is 0 Å². The lowest BCUT2D eigenvalue weighted by Crippen LogP contribution is -2.37. The van der Waals surface area contributed by atoms with Gasteiger partial charge in [0.15, 0.2) is 6.61 Å². The smallest absolute Gasteiger partial charge is 0.337 e. The third-order valence-electron chi connectivity index (χ3n) is 5.17. The van der Waals surface area contributed by atoms with Crippen LogP contribution in [0.3, 0.4) is 0 Å². The molecule has 1 aliphatic carbocycles. The number of benzene rings is 1. The number of carbonyl (C=O) groups is 5. The van der Waals surface area contributed by atoms with Gasteiger partial charge in [-0.25, -0.2) is 4.79 Å². The molecule has 2 atom stereocenters. The second kappa shape index (κ2) is 8.85. The van der Waals surface area contributed by atoms with Gasteiger partial charge in [-0.2, -0.15) is 0 Å². The number of carbonyl (C=O) groups excluding carboxylic acids is 5. The molecule has 0 radical (unpaired) electrons. The molecule has 1 saturated carbocycles. The van der Waals surface area contributed by atoms with Crippen LogP contribution in [0.4, 0.5) is 5.69 Å². The minimum absolute atomic E-state index is 0.327. The Labute approximate surface area is 167 Å². The van der Waals surface area contributed by atoms with Crippen molar-refractivity contribution in [1.82, 2.24) is 4.90 Å². The second-order valence-electron chi connectivity index (χ2n) is 7.04. The van der Waals surface area contributed by atoms with E-state index in [9.17, 15) is 24.0 Å². The maximum Gasteiger partial charge on any atom is 0.337 e. The Morgan fingerprint density at radius 2 is 1.62 bits per heavy atom. The number of likely N-dealkylation sites (tertiary alicyclic amines) is 1. The fourth-order valence-corrected chi connectivity index (χ4v) is 3.71. The average Bonchev–Trinajstić information content (AvgIpc) is 2.97. The van der Waals surface area contributed by atoms with Crippen molar-refractivity contribution in [3.8, 4) is 0 Å². The zero-order chi connectivity index (χ0) is 21.0. The lowest BCUT2D eigenvalue weighted by Gasteiger charge is -2.19. The van der Waals surface area contributed by atoms with Crippen LogP contribution in [-0.4, -0.2) is 54.8 Å². The summed E-state index contributed by atoms with van der Waals surface area (Å²) in [6.07, 6.45) is 3.13. The molecule has 3 rings (SSSR count). The minimum atomic E-state index is -0.818. The summed E-state index contributed by atoms with van der Waals surface area (Å²) >= 11 is 0. The SMILES string of the molecule is COC(=O)c1ccc(NC(=O)COC(=O)CN2C(=O)[C@H]3CCCC[C@@H]3C2=O)cc1. The summed E-state index contributed by atoms with van der Waals surface area (Å²) in [5.74, 6) is -3.22. The van der Waals surface area contributed by atoms with Crippen LogP contribution in [-0.2, 0) is 28.7 Å². The summed E-state index contributed by atoms with van der Waals surface area (Å²) in [6.45, 7) is -1.04. The Hall–Kier alpha value is -3.23. The molecule has 0 bridgehead atoms. The number of hydrogen-bond acceptors (Lipinski definition) is 7. The highest BCUT2D eigenvalue weighted by molar-refractivity contribution is 6.07. The van der Waals surface area contributed by atoms with E-state index in [1.165, 1.54) is 31.4 Å². The zero-order valence-electron chi connectivity index (χ0n) is 16.0. The molecular formula is C20H22N2O7. The predicted octanol–water partition coefficient (Wildman–Crippen LogP) is 1.13. The van der Waals surface area contributed by atoms with Crippen LogP contribution in [0.15, 0.2) is 24.3 Å². The van der Waals surface area contributed by atoms with E-state index in [-0.39, 0.29) is 23.7 Å². The topological polar surface area (TPSA) is 119 Å². The van der Waals surface area contributed by atoms with Gasteiger partial charge in [0.05, 0.1) is 24.5 Å². The van der Waals surface area contributed by atoms with Crippen LogP contribution < -0.4 is 5.32 Å². The van der Waals surface area contributed by atoms with Gasteiger partial charge >= 0.3 is 11.9 Å². The first-order chi connectivity index (χ1) is 13.9. The number of nitrogens with zero attached hydrogens (tertiary/aromatic N) is 1. The molecule has 154 valence electrons. The van der Waals surface area contributed by atoms with Gasteiger partial charge in [0.2, 0.25) is 11.8 Å². The molecule has 0 spiro atoms. The number of anilines is 1. The van der Waals surface area contributed by atoms with Crippen molar-refractivity contribution >= 4 is 35.3 Å². The van der Waals surface area contributed by atoms with Crippen molar-refractivity contribution in [2.45, 2.75) is 25.7 Å². The molecule has 1 saturated heterocycles. The summed E-state index contributed by atoms with van der Waals surface area (Å²) in [4.78, 5) is 61.0. The van der Waals surface area contributed by atoms with E-state index < -0.39 is 31.0 Å². The quantitative estimate of drug-likeness (QED) is 0.559. The van der Waals surface area contributed by atoms with Crippen LogP contribution >= 0.6 is 0 Å². The molecule has 0 unspecified atom stereocenters. The van der Waals surface area contributed by atoms with Crippen LogP contribution in [0.5, 0.6) is 0 Å². The van der Waals surface area contributed by atoms with E-state index >= 15 is 0 Å². The van der Waals surface area contributed by atoms with Crippen molar-refractivity contribution in [1.29, 1.82) is 0 Å². The summed E-state index contributed by atoms with van der Waals surface area (Å²) < 4.78 is 9.48. The molecule has 3 amide bonds. The summed E-state index contributed by atoms with van der Waals surface area (Å²) in [7, 11) is 1.27. The Morgan fingerprint density at radius 3 is 2.17 bits per heavy atom. The summed E-state index contributed by atoms with van der Waals surface area (Å²) in [5, 5.41) is 2.52. The number of ether oxygens (including phenoxy) is 2. The third kappa shape index (κ3) is 4.61. The van der Waals surface area contributed by atoms with Crippen LogP contribution in [0.25, 0.3) is 0 Å². The molecule has 9 nitrogen and oxygen atoms in total. The molecule has 2 aliphatic rings. The molecule has 1 aromatic rings. The van der Waals surface area contributed by atoms with Crippen LogP contribution in [0, 0.1) is 11.8 Å². The van der Waals surface area contributed by atoms with Gasteiger partial charge in [-0.1, -0.05) is 12.8 Å². The molecule has 1 N–H and O–H groups in total. The van der Waals surface area contributed by atoms with Gasteiger partial charge in [-0.3, -0.25) is 24.1 Å². The first-order valence-corrected chi connectivity index (χ1v) is 9.39. The van der Waals surface area contributed by atoms with Gasteiger partial charge < -0.3 is 14.8 Å². The normalized spacial score (nSPS) is 20.8. The number of hydrogen-bond donors (Lipinski definition) is 1. The molecule has 1 aromatic carbocycles. The van der Waals surface area contributed by atoms with E-state index in [0.717, 1.165) is 17.7 Å². The third-order valence-corrected chi connectivity index (χ3v) is 5.17. The maximum absolute atomic E-state index is 12.3. The number of nitrogens with one attached hydrogen (secondary N) is 1. The summed E-state index contributed by atoms with van der Waals surface area (Å²) in [5.41, 5.74) is 0.741. The van der Waals surface area contributed by atoms with Gasteiger partial charge in [-0.05, 0) is 37.1 Å². The first kappa shape index (κ1) is 20.5. The van der Waals surface area contributed by atoms with Crippen molar-refractivity contribution in [2.75, 3.05) is 25.6 Å². The largest absolute Gasteiger partial charge is 0.465 e. The van der Waals surface area contributed by atoms with Crippen molar-refractivity contribution in [3.05, 3.63) is 29.8 Å². The lowest BCUT2D eigenvalue weighted by atomic mass is 9.81. The Kier molecular flexibility index (Phi) is 6.26. The number of rotatable bonds is 6. The molecule has 9 heteroatoms. The van der Waals surface area contributed by atoms with Gasteiger partial charge in [0, 0.05) is 5.69 Å². The zero-order valence-corrected chi connectivity index (χ0v) is 16.0. The number of methoxy groups -OCH3 is 1. The van der Waals surface area contributed by atoms with Gasteiger partial charge in [-0.15, -0.1) is 0 Å². The molecule has 1 heterocycles. The highest BCUT2D eigenvalue weighted by Gasteiger charge is 2.48. The van der Waals surface area contributed by atoms with E-state index in [1.54, 1.807) is 0 Å². The summed E-state index contributed by atoms with van der Waals surface area (Å²) in [6, 6.07) is 5.99. The lowest BCUT2D eigenvalue weighted by molar-refractivity contribution is -0.154. The van der Waals surface area contributed by atoms with Crippen molar-refractivity contribution in [2.24, 2.45) is 11.8 Å². The van der Waals surface area contributed by atoms with E-state index in [1.807, 2.05) is 0 Å². The number of esters is 2.